The summed E-state index contributed by atoms with van der Waals surface area (Å²) in [7, 11) is -1.30. The van der Waals surface area contributed by atoms with Crippen LogP contribution in [0.5, 0.6) is 0 Å². The Balaban J connectivity index is 0. The number of carbonyl (C=O) groups is 1. The van der Waals surface area contributed by atoms with Crippen molar-refractivity contribution in [3.63, 3.8) is 0 Å². The molecule has 0 aliphatic heterocycles. The summed E-state index contributed by atoms with van der Waals surface area (Å²) >= 11 is 5.66. The van der Waals surface area contributed by atoms with Gasteiger partial charge in [-0.1, -0.05) is 24.2 Å². The number of hydrogen-bond acceptors (Lipinski definition) is 5. The topological polar surface area (TPSA) is 77.8 Å². The van der Waals surface area contributed by atoms with Gasteiger partial charge in [0.05, 0.1) is 5.37 Å². The number of aliphatic carboxylic acids is 1. The summed E-state index contributed by atoms with van der Waals surface area (Å²) < 4.78 is 0. The van der Waals surface area contributed by atoms with E-state index in [2.05, 4.69) is 18.1 Å². The third-order valence-corrected chi connectivity index (χ3v) is 1.90. The molecule has 0 aliphatic carbocycles. The number of thiophene rings is 1. The zero-order chi connectivity index (χ0) is 11.7. The van der Waals surface area contributed by atoms with Crippen LogP contribution in [0, 0.1) is 11.8 Å². The standard InChI is InChI=1S/C4H5BO2S.C4H2O2S.B/c6-5(7)4-1-2-8-3-4;5-4(6)2-1-3-7;/h1-3,6-7H;3H,(H,5,6);. The molecular formula is C8H7B2O4S2. The molecule has 1 heterocycles. The first-order valence-electron chi connectivity index (χ1n) is 3.64. The molecule has 0 saturated heterocycles. The van der Waals surface area contributed by atoms with Gasteiger partial charge in [0.15, 0.2) is 0 Å². The van der Waals surface area contributed by atoms with Crippen LogP contribution in [0.3, 0.4) is 0 Å². The van der Waals surface area contributed by atoms with Crippen molar-refractivity contribution >= 4 is 55.9 Å². The Bertz CT molecular complexity index is 367. The van der Waals surface area contributed by atoms with Crippen molar-refractivity contribution in [2.24, 2.45) is 0 Å². The Morgan fingerprint density at radius 3 is 2.38 bits per heavy atom. The Morgan fingerprint density at radius 2 is 2.19 bits per heavy atom. The second kappa shape index (κ2) is 10.4. The van der Waals surface area contributed by atoms with Crippen LogP contribution in [0.15, 0.2) is 16.8 Å². The van der Waals surface area contributed by atoms with Gasteiger partial charge >= 0.3 is 13.1 Å². The molecule has 8 heteroatoms. The van der Waals surface area contributed by atoms with Crippen molar-refractivity contribution in [2.75, 3.05) is 0 Å². The Morgan fingerprint density at radius 1 is 1.56 bits per heavy atom. The fourth-order valence-electron chi connectivity index (χ4n) is 0.513. The zero-order valence-corrected chi connectivity index (χ0v) is 9.66. The van der Waals surface area contributed by atoms with Gasteiger partial charge in [-0.3, -0.25) is 0 Å². The third-order valence-electron chi connectivity index (χ3n) is 1.08. The largest absolute Gasteiger partial charge is 0.489 e. The molecule has 0 saturated carbocycles. The van der Waals surface area contributed by atoms with Gasteiger partial charge < -0.3 is 15.2 Å². The highest BCUT2D eigenvalue weighted by Gasteiger charge is 2.08. The Labute approximate surface area is 105 Å². The molecule has 4 nitrogen and oxygen atoms in total. The lowest BCUT2D eigenvalue weighted by molar-refractivity contribution is -0.130. The zero-order valence-electron chi connectivity index (χ0n) is 8.03. The van der Waals surface area contributed by atoms with Gasteiger partial charge in [0.25, 0.3) is 0 Å². The predicted octanol–water partition coefficient (Wildman–Crippen LogP) is -0.879. The van der Waals surface area contributed by atoms with Crippen molar-refractivity contribution in [3.8, 4) is 11.8 Å². The summed E-state index contributed by atoms with van der Waals surface area (Å²) in [5.74, 6) is 2.74. The Kier molecular flexibility index (Phi) is 11.2. The Hall–Kier alpha value is -1.13. The third kappa shape index (κ3) is 9.43. The molecule has 1 aromatic rings. The summed E-state index contributed by atoms with van der Waals surface area (Å²) in [6.07, 6.45) is 0. The van der Waals surface area contributed by atoms with Gasteiger partial charge in [0, 0.05) is 14.3 Å². The molecule has 3 N–H and O–H groups in total. The summed E-state index contributed by atoms with van der Waals surface area (Å²) in [4.78, 5) is 9.52. The van der Waals surface area contributed by atoms with Gasteiger partial charge in [-0.05, 0) is 16.2 Å². The van der Waals surface area contributed by atoms with Crippen LogP contribution < -0.4 is 5.46 Å². The van der Waals surface area contributed by atoms with Crippen molar-refractivity contribution in [3.05, 3.63) is 16.8 Å². The van der Waals surface area contributed by atoms with Crippen LogP contribution in [0.4, 0.5) is 0 Å². The molecule has 16 heavy (non-hydrogen) atoms. The maximum Gasteiger partial charge on any atom is 0.489 e. The summed E-state index contributed by atoms with van der Waals surface area (Å²) in [5.41, 5.74) is 0.565. The number of rotatable bonds is 1. The smallest absolute Gasteiger partial charge is 0.472 e. The van der Waals surface area contributed by atoms with Crippen molar-refractivity contribution in [1.29, 1.82) is 0 Å². The number of thiocarbonyl (C=S) groups is 1. The van der Waals surface area contributed by atoms with E-state index in [1.54, 1.807) is 22.7 Å². The maximum absolute atomic E-state index is 9.52. The molecule has 0 unspecified atom stereocenters. The lowest BCUT2D eigenvalue weighted by Gasteiger charge is -1.87. The fourth-order valence-corrected chi connectivity index (χ4v) is 1.24. The molecule has 1 aromatic heterocycles. The van der Waals surface area contributed by atoms with E-state index >= 15 is 0 Å². The van der Waals surface area contributed by atoms with E-state index < -0.39 is 13.1 Å². The highest BCUT2D eigenvalue weighted by molar-refractivity contribution is 7.79. The molecule has 0 bridgehead atoms. The van der Waals surface area contributed by atoms with E-state index in [1.807, 2.05) is 0 Å². The quantitative estimate of drug-likeness (QED) is 0.344. The van der Waals surface area contributed by atoms with Crippen LogP contribution in [0.25, 0.3) is 0 Å². The second-order valence-corrected chi connectivity index (χ2v) is 3.14. The molecular weight excluding hydrogens is 246 g/mol. The van der Waals surface area contributed by atoms with Gasteiger partial charge in [0.1, 0.15) is 0 Å². The van der Waals surface area contributed by atoms with E-state index in [9.17, 15) is 4.79 Å². The highest BCUT2D eigenvalue weighted by Crippen LogP contribution is 1.92. The van der Waals surface area contributed by atoms with Gasteiger partial charge in [-0.25, -0.2) is 4.79 Å². The van der Waals surface area contributed by atoms with Crippen molar-refractivity contribution in [2.45, 2.75) is 0 Å². The van der Waals surface area contributed by atoms with E-state index in [4.69, 9.17) is 15.2 Å². The predicted molar refractivity (Wildman–Crippen MR) is 69.0 cm³/mol. The normalized spacial score (nSPS) is 7.12. The van der Waals surface area contributed by atoms with Gasteiger partial charge in [-0.2, -0.15) is 11.3 Å². The molecule has 0 amide bonds. The first-order chi connectivity index (χ1) is 7.07. The first-order valence-corrected chi connectivity index (χ1v) is 5.05. The minimum Gasteiger partial charge on any atom is -0.472 e. The van der Waals surface area contributed by atoms with E-state index in [1.165, 1.54) is 11.3 Å². The van der Waals surface area contributed by atoms with Gasteiger partial charge in [-0.15, -0.1) is 0 Å². The lowest BCUT2D eigenvalue weighted by atomic mass is 9.83. The average molecular weight is 253 g/mol. The van der Waals surface area contributed by atoms with Crippen LogP contribution >= 0.6 is 23.6 Å². The molecule has 0 aliphatic rings. The molecule has 81 valence electrons. The van der Waals surface area contributed by atoms with Crippen molar-refractivity contribution < 1.29 is 19.9 Å². The summed E-state index contributed by atoms with van der Waals surface area (Å²) in [6.45, 7) is 0. The minimum absolute atomic E-state index is 0. The van der Waals surface area contributed by atoms with Gasteiger partial charge in [0.2, 0.25) is 0 Å². The average Bonchev–Trinajstić information content (AvgIpc) is 2.68. The fraction of sp³-hybridized carbons (Fsp3) is 0. The first kappa shape index (κ1) is 17.3. The number of hydrogen-bond donors (Lipinski definition) is 3. The van der Waals surface area contributed by atoms with E-state index in [0.29, 0.717) is 5.46 Å². The van der Waals surface area contributed by atoms with Crippen LogP contribution in [-0.4, -0.2) is 42.0 Å². The second-order valence-electron chi connectivity index (χ2n) is 2.12. The number of carboxylic acid groups (broad SMARTS) is 1. The summed E-state index contributed by atoms with van der Waals surface area (Å²) in [5, 5.41) is 29.3. The molecule has 0 atom stereocenters. The molecule has 3 radical (unpaired) electrons. The van der Waals surface area contributed by atoms with E-state index in [0.717, 1.165) is 5.37 Å². The van der Waals surface area contributed by atoms with Crippen LogP contribution in [-0.2, 0) is 4.79 Å². The monoisotopic (exact) mass is 253 g/mol. The van der Waals surface area contributed by atoms with Crippen molar-refractivity contribution in [1.82, 2.24) is 0 Å². The molecule has 1 rings (SSSR count). The van der Waals surface area contributed by atoms with Crippen LogP contribution in [0.2, 0.25) is 0 Å². The molecule has 0 fully saturated rings. The maximum atomic E-state index is 9.52. The van der Waals surface area contributed by atoms with Crippen LogP contribution in [0.1, 0.15) is 0 Å². The lowest BCUT2D eigenvalue weighted by Crippen LogP contribution is -2.27. The number of carboxylic acids is 1. The SMILES string of the molecule is O=C(O)C#CC=S.OB(O)c1ccsc1.[B]. The highest BCUT2D eigenvalue weighted by atomic mass is 32.1. The van der Waals surface area contributed by atoms with E-state index in [-0.39, 0.29) is 8.41 Å². The summed E-state index contributed by atoms with van der Waals surface area (Å²) in [6, 6.07) is 1.68. The molecule has 0 aromatic carbocycles. The minimum atomic E-state index is -1.30. The molecule has 0 spiro atoms.